The first-order chi connectivity index (χ1) is 14.6. The standard InChI is InChI=1S/C25H30N4O/c1-18-22(13-14-25(30)26-16-15-20-9-5-3-6-10-20)19(2)29-24(27-18)17-23(28-29)21-11-7-4-8-12-21/h4,7-9,11-12,17H,3,5-6,10,13-16H2,1-2H3,(H,26,30). The Morgan fingerprint density at radius 3 is 2.73 bits per heavy atom. The van der Waals surface area contributed by atoms with Crippen molar-refractivity contribution in [3.63, 3.8) is 0 Å². The first-order valence-electron chi connectivity index (χ1n) is 11.0. The predicted octanol–water partition coefficient (Wildman–Crippen LogP) is 4.95. The fourth-order valence-electron chi connectivity index (χ4n) is 4.26. The second kappa shape index (κ2) is 9.24. The number of fused-ring (bicyclic) bond motifs is 1. The van der Waals surface area contributed by atoms with Gasteiger partial charge in [-0.05, 0) is 57.9 Å². The normalized spacial score (nSPS) is 14.0. The molecule has 0 saturated carbocycles. The highest BCUT2D eigenvalue weighted by Crippen LogP contribution is 2.23. The highest BCUT2D eigenvalue weighted by atomic mass is 16.1. The fraction of sp³-hybridized carbons (Fsp3) is 0.400. The molecule has 1 aromatic carbocycles. The van der Waals surface area contributed by atoms with Gasteiger partial charge >= 0.3 is 0 Å². The van der Waals surface area contributed by atoms with Gasteiger partial charge in [-0.3, -0.25) is 4.79 Å². The number of allylic oxidation sites excluding steroid dienone is 1. The molecule has 0 unspecified atom stereocenters. The van der Waals surface area contributed by atoms with E-state index in [2.05, 4.69) is 30.4 Å². The van der Waals surface area contributed by atoms with Gasteiger partial charge in [0.15, 0.2) is 5.65 Å². The SMILES string of the molecule is Cc1nc2cc(-c3ccccc3)nn2c(C)c1CCC(=O)NCCC1=CCCCC1. The van der Waals surface area contributed by atoms with E-state index in [9.17, 15) is 4.79 Å². The van der Waals surface area contributed by atoms with E-state index in [4.69, 9.17) is 10.1 Å². The molecule has 5 heteroatoms. The quantitative estimate of drug-likeness (QED) is 0.569. The molecule has 1 aliphatic carbocycles. The number of carbonyl (C=O) groups excluding carboxylic acids is 1. The van der Waals surface area contributed by atoms with Crippen molar-refractivity contribution in [2.24, 2.45) is 0 Å². The fourth-order valence-corrected chi connectivity index (χ4v) is 4.26. The van der Waals surface area contributed by atoms with E-state index in [1.54, 1.807) is 0 Å². The summed E-state index contributed by atoms with van der Waals surface area (Å²) in [7, 11) is 0. The van der Waals surface area contributed by atoms with Crippen LogP contribution in [-0.4, -0.2) is 27.0 Å². The Morgan fingerprint density at radius 2 is 1.97 bits per heavy atom. The molecule has 0 atom stereocenters. The maximum atomic E-state index is 12.4. The smallest absolute Gasteiger partial charge is 0.220 e. The monoisotopic (exact) mass is 402 g/mol. The summed E-state index contributed by atoms with van der Waals surface area (Å²) in [5.41, 5.74) is 7.47. The molecule has 156 valence electrons. The predicted molar refractivity (Wildman–Crippen MR) is 120 cm³/mol. The van der Waals surface area contributed by atoms with Crippen molar-refractivity contribution in [2.45, 2.75) is 58.8 Å². The molecule has 0 aliphatic heterocycles. The molecule has 30 heavy (non-hydrogen) atoms. The molecule has 0 bridgehead atoms. The topological polar surface area (TPSA) is 59.3 Å². The highest BCUT2D eigenvalue weighted by molar-refractivity contribution is 5.76. The molecule has 4 rings (SSSR count). The van der Waals surface area contributed by atoms with E-state index in [1.165, 1.54) is 31.3 Å². The summed E-state index contributed by atoms with van der Waals surface area (Å²) in [6.07, 6.45) is 9.44. The molecule has 1 amide bonds. The van der Waals surface area contributed by atoms with Crippen molar-refractivity contribution in [1.29, 1.82) is 0 Å². The summed E-state index contributed by atoms with van der Waals surface area (Å²) in [5, 5.41) is 7.84. The summed E-state index contributed by atoms with van der Waals surface area (Å²) < 4.78 is 1.90. The molecule has 0 saturated heterocycles. The van der Waals surface area contributed by atoms with Crippen LogP contribution < -0.4 is 5.32 Å². The Kier molecular flexibility index (Phi) is 6.26. The zero-order valence-corrected chi connectivity index (χ0v) is 17.9. The second-order valence-corrected chi connectivity index (χ2v) is 8.13. The number of rotatable bonds is 7. The number of nitrogens with one attached hydrogen (secondary N) is 1. The Hall–Kier alpha value is -2.95. The third-order valence-corrected chi connectivity index (χ3v) is 5.99. The van der Waals surface area contributed by atoms with Crippen LogP contribution in [-0.2, 0) is 11.2 Å². The van der Waals surface area contributed by atoms with Crippen molar-refractivity contribution in [3.8, 4) is 11.3 Å². The number of aryl methyl sites for hydroxylation is 2. The number of benzene rings is 1. The summed E-state index contributed by atoms with van der Waals surface area (Å²) >= 11 is 0. The average molecular weight is 403 g/mol. The van der Waals surface area contributed by atoms with E-state index in [-0.39, 0.29) is 5.91 Å². The molecule has 1 N–H and O–H groups in total. The first-order valence-corrected chi connectivity index (χ1v) is 11.0. The number of hydrogen-bond acceptors (Lipinski definition) is 3. The van der Waals surface area contributed by atoms with Gasteiger partial charge in [0.1, 0.15) is 0 Å². The van der Waals surface area contributed by atoms with Crippen LogP contribution in [0.4, 0.5) is 0 Å². The summed E-state index contributed by atoms with van der Waals surface area (Å²) in [5.74, 6) is 0.107. The van der Waals surface area contributed by atoms with E-state index < -0.39 is 0 Å². The van der Waals surface area contributed by atoms with Gasteiger partial charge in [-0.1, -0.05) is 42.0 Å². The van der Waals surface area contributed by atoms with Gasteiger partial charge in [-0.25, -0.2) is 9.50 Å². The van der Waals surface area contributed by atoms with Gasteiger partial charge in [0.2, 0.25) is 5.91 Å². The van der Waals surface area contributed by atoms with Gasteiger partial charge in [0.05, 0.1) is 5.69 Å². The van der Waals surface area contributed by atoms with Crippen LogP contribution in [0.25, 0.3) is 16.9 Å². The maximum absolute atomic E-state index is 12.4. The van der Waals surface area contributed by atoms with E-state index in [0.717, 1.165) is 46.8 Å². The van der Waals surface area contributed by atoms with Crippen LogP contribution >= 0.6 is 0 Å². The minimum atomic E-state index is 0.107. The Balaban J connectivity index is 1.41. The number of nitrogens with zero attached hydrogens (tertiary/aromatic N) is 3. The van der Waals surface area contributed by atoms with Gasteiger partial charge < -0.3 is 5.32 Å². The van der Waals surface area contributed by atoms with Crippen molar-refractivity contribution in [3.05, 3.63) is 65.0 Å². The molecule has 0 radical (unpaired) electrons. The lowest BCUT2D eigenvalue weighted by atomic mass is 9.97. The Morgan fingerprint density at radius 1 is 1.13 bits per heavy atom. The lowest BCUT2D eigenvalue weighted by molar-refractivity contribution is -0.121. The minimum Gasteiger partial charge on any atom is -0.356 e. The van der Waals surface area contributed by atoms with E-state index in [1.807, 2.05) is 35.7 Å². The van der Waals surface area contributed by atoms with Gasteiger partial charge in [-0.15, -0.1) is 0 Å². The Labute approximate surface area is 178 Å². The maximum Gasteiger partial charge on any atom is 0.220 e. The number of amides is 1. The average Bonchev–Trinajstić information content (AvgIpc) is 3.19. The van der Waals surface area contributed by atoms with E-state index >= 15 is 0 Å². The molecule has 2 aromatic heterocycles. The highest BCUT2D eigenvalue weighted by Gasteiger charge is 2.14. The summed E-state index contributed by atoms with van der Waals surface area (Å²) in [6.45, 7) is 4.82. The third-order valence-electron chi connectivity index (χ3n) is 5.99. The number of hydrogen-bond donors (Lipinski definition) is 1. The first kappa shape index (κ1) is 20.3. The molecule has 2 heterocycles. The molecule has 5 nitrogen and oxygen atoms in total. The molecule has 3 aromatic rings. The van der Waals surface area contributed by atoms with Crippen LogP contribution in [0.3, 0.4) is 0 Å². The zero-order valence-electron chi connectivity index (χ0n) is 17.9. The number of aromatic nitrogens is 3. The Bertz CT molecular complexity index is 1070. The lowest BCUT2D eigenvalue weighted by Crippen LogP contribution is -2.25. The molecule has 0 fully saturated rings. The van der Waals surface area contributed by atoms with Crippen LogP contribution in [0.2, 0.25) is 0 Å². The van der Waals surface area contributed by atoms with Crippen LogP contribution in [0.1, 0.15) is 55.5 Å². The van der Waals surface area contributed by atoms with Crippen molar-refractivity contribution in [2.75, 3.05) is 6.54 Å². The molecule has 0 spiro atoms. The van der Waals surface area contributed by atoms with Crippen molar-refractivity contribution in [1.82, 2.24) is 19.9 Å². The van der Waals surface area contributed by atoms with Gasteiger partial charge in [-0.2, -0.15) is 5.10 Å². The van der Waals surface area contributed by atoms with Crippen LogP contribution in [0.15, 0.2) is 48.0 Å². The number of carbonyl (C=O) groups is 1. The summed E-state index contributed by atoms with van der Waals surface area (Å²) in [6, 6.07) is 12.2. The van der Waals surface area contributed by atoms with Gasteiger partial charge in [0.25, 0.3) is 0 Å². The second-order valence-electron chi connectivity index (χ2n) is 8.13. The van der Waals surface area contributed by atoms with Crippen LogP contribution in [0.5, 0.6) is 0 Å². The third kappa shape index (κ3) is 4.61. The van der Waals surface area contributed by atoms with Crippen molar-refractivity contribution < 1.29 is 4.79 Å². The molecule has 1 aliphatic rings. The minimum absolute atomic E-state index is 0.107. The lowest BCUT2D eigenvalue weighted by Gasteiger charge is -2.13. The zero-order chi connectivity index (χ0) is 20.9. The summed E-state index contributed by atoms with van der Waals surface area (Å²) in [4.78, 5) is 17.1. The van der Waals surface area contributed by atoms with Gasteiger partial charge in [0, 0.05) is 36.0 Å². The van der Waals surface area contributed by atoms with Crippen molar-refractivity contribution >= 4 is 11.6 Å². The van der Waals surface area contributed by atoms with E-state index in [0.29, 0.717) is 12.8 Å². The molecular formula is C25H30N4O. The largest absolute Gasteiger partial charge is 0.356 e. The van der Waals surface area contributed by atoms with Crippen LogP contribution in [0, 0.1) is 13.8 Å². The molecular weight excluding hydrogens is 372 g/mol.